The highest BCUT2D eigenvalue weighted by Crippen LogP contribution is 2.40. The van der Waals surface area contributed by atoms with Crippen LogP contribution >= 0.6 is 11.6 Å². The van der Waals surface area contributed by atoms with E-state index in [9.17, 15) is 0 Å². The fourth-order valence-electron chi connectivity index (χ4n) is 4.06. The minimum Gasteiger partial charge on any atom is -0.352 e. The van der Waals surface area contributed by atoms with Gasteiger partial charge in [-0.1, -0.05) is 31.2 Å². The summed E-state index contributed by atoms with van der Waals surface area (Å²) in [5.41, 5.74) is 2.37. The van der Waals surface area contributed by atoms with Crippen LogP contribution in [-0.2, 0) is 7.05 Å². The van der Waals surface area contributed by atoms with E-state index in [-0.39, 0.29) is 7.43 Å². The third kappa shape index (κ3) is 4.20. The van der Waals surface area contributed by atoms with Crippen molar-refractivity contribution in [2.75, 3.05) is 5.32 Å². The molecule has 0 radical (unpaired) electrons. The van der Waals surface area contributed by atoms with Crippen molar-refractivity contribution in [3.05, 3.63) is 59.4 Å². The van der Waals surface area contributed by atoms with Crippen molar-refractivity contribution in [3.63, 3.8) is 0 Å². The summed E-state index contributed by atoms with van der Waals surface area (Å²) >= 11 is 6.17. The summed E-state index contributed by atoms with van der Waals surface area (Å²) in [4.78, 5) is 4.06. The summed E-state index contributed by atoms with van der Waals surface area (Å²) < 4.78 is 2.01. The molecule has 148 valence electrons. The molecule has 28 heavy (non-hydrogen) atoms. The molecule has 5 nitrogen and oxygen atoms in total. The molecule has 3 atom stereocenters. The third-order valence-electron chi connectivity index (χ3n) is 5.67. The Kier molecular flexibility index (Phi) is 6.35. The normalized spacial score (nSPS) is 19.8. The minimum atomic E-state index is 0. The Morgan fingerprint density at radius 3 is 2.68 bits per heavy atom. The Labute approximate surface area is 172 Å². The molecule has 1 aliphatic rings. The van der Waals surface area contributed by atoms with E-state index in [4.69, 9.17) is 11.6 Å². The maximum atomic E-state index is 6.17. The molecular formula is C22H28ClN5. The summed E-state index contributed by atoms with van der Waals surface area (Å²) in [7, 11) is 1.99. The van der Waals surface area contributed by atoms with Gasteiger partial charge in [0.15, 0.2) is 5.82 Å². The zero-order valence-electron chi connectivity index (χ0n) is 15.6. The highest BCUT2D eigenvalue weighted by Gasteiger charge is 2.30. The average molecular weight is 398 g/mol. The van der Waals surface area contributed by atoms with Gasteiger partial charge in [0.05, 0.1) is 0 Å². The zero-order chi connectivity index (χ0) is 18.8. The number of anilines is 1. The molecule has 0 aliphatic heterocycles. The average Bonchev–Trinajstić information content (AvgIpc) is 3.31. The first-order valence-corrected chi connectivity index (χ1v) is 9.81. The summed E-state index contributed by atoms with van der Waals surface area (Å²) in [5, 5.41) is 13.1. The first kappa shape index (κ1) is 20.3. The van der Waals surface area contributed by atoms with Crippen molar-refractivity contribution in [3.8, 4) is 11.4 Å². The van der Waals surface area contributed by atoms with Crippen LogP contribution in [-0.4, -0.2) is 25.8 Å². The van der Waals surface area contributed by atoms with Crippen LogP contribution in [0.5, 0.6) is 0 Å². The van der Waals surface area contributed by atoms with Gasteiger partial charge in [0.25, 0.3) is 0 Å². The van der Waals surface area contributed by atoms with Gasteiger partial charge in [-0.15, -0.1) is 10.2 Å². The molecule has 0 bridgehead atoms. The van der Waals surface area contributed by atoms with E-state index in [1.165, 1.54) is 24.8 Å². The van der Waals surface area contributed by atoms with Gasteiger partial charge in [-0.2, -0.15) is 0 Å². The van der Waals surface area contributed by atoms with Crippen LogP contribution in [0, 0.1) is 5.92 Å². The molecule has 2 aromatic heterocycles. The standard InChI is InChI=1S/C21H24ClN5.CH4/c1-14(16-6-7-18(12-16)17-4-3-5-19(22)13-17)24-21-26-25-20(27(21)2)15-8-10-23-11-9-15;/h3-5,8-11,13-14,16,18H,6-7,12H2,1-2H3,(H,24,26);1H4/t14-,16?,18?;/m0./s1. The number of nitrogens with one attached hydrogen (secondary N) is 1. The molecule has 0 saturated heterocycles. The van der Waals surface area contributed by atoms with Gasteiger partial charge in [0, 0.05) is 36.1 Å². The second kappa shape index (κ2) is 8.74. The first-order valence-electron chi connectivity index (χ1n) is 9.43. The lowest BCUT2D eigenvalue weighted by atomic mass is 9.94. The quantitative estimate of drug-likeness (QED) is 0.613. The van der Waals surface area contributed by atoms with Crippen LogP contribution in [0.2, 0.25) is 5.02 Å². The smallest absolute Gasteiger partial charge is 0.224 e. The topological polar surface area (TPSA) is 55.6 Å². The number of hydrogen-bond donors (Lipinski definition) is 1. The van der Waals surface area contributed by atoms with E-state index in [0.29, 0.717) is 17.9 Å². The van der Waals surface area contributed by atoms with Crippen LogP contribution in [0.1, 0.15) is 45.1 Å². The molecule has 0 spiro atoms. The van der Waals surface area contributed by atoms with Gasteiger partial charge >= 0.3 is 0 Å². The molecule has 1 N–H and O–H groups in total. The maximum Gasteiger partial charge on any atom is 0.224 e. The SMILES string of the molecule is C.C[C@H](Nc1nnc(-c2ccncc2)n1C)C1CCC(c2cccc(Cl)c2)C1. The summed E-state index contributed by atoms with van der Waals surface area (Å²) in [6.45, 7) is 2.24. The number of nitrogens with zero attached hydrogens (tertiary/aromatic N) is 4. The minimum absolute atomic E-state index is 0. The van der Waals surface area contributed by atoms with Crippen LogP contribution in [0.3, 0.4) is 0 Å². The van der Waals surface area contributed by atoms with Crippen LogP contribution in [0.25, 0.3) is 11.4 Å². The Balaban J connectivity index is 0.00000225. The number of benzene rings is 1. The van der Waals surface area contributed by atoms with Crippen LogP contribution in [0.4, 0.5) is 5.95 Å². The van der Waals surface area contributed by atoms with E-state index in [1.54, 1.807) is 12.4 Å². The molecule has 6 heteroatoms. The van der Waals surface area contributed by atoms with Crippen molar-refractivity contribution in [2.24, 2.45) is 13.0 Å². The third-order valence-corrected chi connectivity index (χ3v) is 5.91. The van der Waals surface area contributed by atoms with Crippen molar-refractivity contribution < 1.29 is 0 Å². The summed E-state index contributed by atoms with van der Waals surface area (Å²) in [6.07, 6.45) is 7.13. The lowest BCUT2D eigenvalue weighted by molar-refractivity contribution is 0.472. The number of rotatable bonds is 5. The van der Waals surface area contributed by atoms with Gasteiger partial charge in [-0.25, -0.2) is 0 Å². The molecule has 2 unspecified atom stereocenters. The zero-order valence-corrected chi connectivity index (χ0v) is 16.4. The van der Waals surface area contributed by atoms with Gasteiger partial charge in [0.2, 0.25) is 5.95 Å². The Bertz CT molecular complexity index is 908. The Hall–Kier alpha value is -2.40. The Morgan fingerprint density at radius 1 is 1.14 bits per heavy atom. The molecule has 1 aromatic carbocycles. The number of halogens is 1. The van der Waals surface area contributed by atoms with Gasteiger partial charge in [0.1, 0.15) is 0 Å². The van der Waals surface area contributed by atoms with Crippen molar-refractivity contribution in [1.29, 1.82) is 0 Å². The predicted octanol–water partition coefficient (Wildman–Crippen LogP) is 5.55. The van der Waals surface area contributed by atoms with Gasteiger partial charge in [-0.3, -0.25) is 9.55 Å². The lowest BCUT2D eigenvalue weighted by Crippen LogP contribution is -2.25. The second-order valence-electron chi connectivity index (χ2n) is 7.40. The van der Waals surface area contributed by atoms with E-state index >= 15 is 0 Å². The van der Waals surface area contributed by atoms with Gasteiger partial charge < -0.3 is 5.32 Å². The lowest BCUT2D eigenvalue weighted by Gasteiger charge is -2.21. The summed E-state index contributed by atoms with van der Waals surface area (Å²) in [5.74, 6) is 2.84. The van der Waals surface area contributed by atoms with Crippen LogP contribution < -0.4 is 5.32 Å². The van der Waals surface area contributed by atoms with E-state index in [0.717, 1.165) is 22.4 Å². The first-order chi connectivity index (χ1) is 13.1. The molecule has 1 fully saturated rings. The predicted molar refractivity (Wildman–Crippen MR) is 116 cm³/mol. The number of aromatic nitrogens is 4. The highest BCUT2D eigenvalue weighted by molar-refractivity contribution is 6.30. The van der Waals surface area contributed by atoms with Crippen molar-refractivity contribution in [2.45, 2.75) is 45.6 Å². The number of pyridine rings is 1. The van der Waals surface area contributed by atoms with E-state index < -0.39 is 0 Å². The van der Waals surface area contributed by atoms with E-state index in [1.807, 2.05) is 35.9 Å². The molecule has 1 saturated carbocycles. The molecule has 0 amide bonds. The van der Waals surface area contributed by atoms with Crippen LogP contribution in [0.15, 0.2) is 48.8 Å². The number of hydrogen-bond acceptors (Lipinski definition) is 4. The highest BCUT2D eigenvalue weighted by atomic mass is 35.5. The second-order valence-corrected chi connectivity index (χ2v) is 7.84. The molecule has 1 aliphatic carbocycles. The van der Waals surface area contributed by atoms with Crippen molar-refractivity contribution >= 4 is 17.5 Å². The summed E-state index contributed by atoms with van der Waals surface area (Å²) in [6, 6.07) is 12.5. The Morgan fingerprint density at radius 2 is 1.93 bits per heavy atom. The fraction of sp³-hybridized carbons (Fsp3) is 0.409. The molecule has 4 rings (SSSR count). The molecule has 3 aromatic rings. The molecular weight excluding hydrogens is 370 g/mol. The van der Waals surface area contributed by atoms with Gasteiger partial charge in [-0.05, 0) is 67.9 Å². The van der Waals surface area contributed by atoms with E-state index in [2.05, 4.69) is 39.6 Å². The largest absolute Gasteiger partial charge is 0.352 e. The maximum absolute atomic E-state index is 6.17. The monoisotopic (exact) mass is 397 g/mol. The molecule has 2 heterocycles. The van der Waals surface area contributed by atoms with Crippen molar-refractivity contribution in [1.82, 2.24) is 19.7 Å². The fourth-order valence-corrected chi connectivity index (χ4v) is 4.26.